The third-order valence-electron chi connectivity index (χ3n) is 6.39. The molecule has 2 aliphatic rings. The molecule has 2 aromatic carbocycles. The van der Waals surface area contributed by atoms with Crippen LogP contribution in [0.1, 0.15) is 36.4 Å². The molecular formula is C25H29N5O2. The second-order valence-corrected chi connectivity index (χ2v) is 8.49. The zero-order valence-electron chi connectivity index (χ0n) is 18.3. The van der Waals surface area contributed by atoms with Gasteiger partial charge >= 0.3 is 11.8 Å². The molecule has 2 aliphatic heterocycles. The highest BCUT2D eigenvalue weighted by Crippen LogP contribution is 2.24. The third-order valence-corrected chi connectivity index (χ3v) is 6.39. The van der Waals surface area contributed by atoms with Crippen molar-refractivity contribution in [2.75, 3.05) is 49.1 Å². The average Bonchev–Trinajstić information content (AvgIpc) is 3.20. The van der Waals surface area contributed by atoms with Crippen molar-refractivity contribution >= 4 is 17.3 Å². The summed E-state index contributed by atoms with van der Waals surface area (Å²) in [6, 6.07) is 18.5. The van der Waals surface area contributed by atoms with Gasteiger partial charge in [0, 0.05) is 56.2 Å². The Morgan fingerprint density at radius 3 is 2.03 bits per heavy atom. The molecule has 7 nitrogen and oxygen atoms in total. The van der Waals surface area contributed by atoms with Crippen LogP contribution in [0, 0.1) is 0 Å². The zero-order chi connectivity index (χ0) is 21.8. The lowest BCUT2D eigenvalue weighted by Crippen LogP contribution is -2.48. The Balaban J connectivity index is 1.21. The Labute approximate surface area is 188 Å². The van der Waals surface area contributed by atoms with Crippen molar-refractivity contribution in [2.24, 2.45) is 0 Å². The number of rotatable bonds is 4. The fourth-order valence-corrected chi connectivity index (χ4v) is 4.52. The van der Waals surface area contributed by atoms with Crippen molar-refractivity contribution in [1.82, 2.24) is 15.0 Å². The molecule has 0 unspecified atom stereocenters. The number of hydrogen-bond donors (Lipinski definition) is 0. The first-order chi connectivity index (χ1) is 15.8. The van der Waals surface area contributed by atoms with Gasteiger partial charge < -0.3 is 19.2 Å². The van der Waals surface area contributed by atoms with Gasteiger partial charge in [-0.1, -0.05) is 36.2 Å². The Kier molecular flexibility index (Phi) is 6.05. The van der Waals surface area contributed by atoms with E-state index in [0.29, 0.717) is 18.9 Å². The Bertz CT molecular complexity index is 1020. The molecule has 166 valence electrons. The summed E-state index contributed by atoms with van der Waals surface area (Å²) < 4.78 is 5.33. The number of nitrogens with zero attached hydrogens (tertiary/aromatic N) is 5. The highest BCUT2D eigenvalue weighted by molar-refractivity contribution is 5.90. The van der Waals surface area contributed by atoms with Crippen LogP contribution in [0.15, 0.2) is 59.1 Å². The normalized spacial score (nSPS) is 17.3. The van der Waals surface area contributed by atoms with E-state index in [2.05, 4.69) is 44.2 Å². The molecule has 3 aromatic rings. The van der Waals surface area contributed by atoms with Crippen LogP contribution in [-0.4, -0.2) is 60.2 Å². The van der Waals surface area contributed by atoms with E-state index in [1.165, 1.54) is 37.1 Å². The molecule has 32 heavy (non-hydrogen) atoms. The van der Waals surface area contributed by atoms with Crippen molar-refractivity contribution in [3.63, 3.8) is 0 Å². The van der Waals surface area contributed by atoms with E-state index in [1.54, 1.807) is 4.90 Å². The Hall–Kier alpha value is -3.35. The van der Waals surface area contributed by atoms with Crippen molar-refractivity contribution < 1.29 is 9.32 Å². The molecule has 2 saturated heterocycles. The number of benzene rings is 2. The highest BCUT2D eigenvalue weighted by Gasteiger charge is 2.26. The lowest BCUT2D eigenvalue weighted by Gasteiger charge is -2.35. The molecule has 0 atom stereocenters. The summed E-state index contributed by atoms with van der Waals surface area (Å²) in [5, 5.41) is 4.06. The second kappa shape index (κ2) is 9.42. The van der Waals surface area contributed by atoms with Crippen LogP contribution in [-0.2, 0) is 0 Å². The molecule has 7 heteroatoms. The zero-order valence-corrected chi connectivity index (χ0v) is 18.3. The number of para-hydroxylation sites is 1. The summed E-state index contributed by atoms with van der Waals surface area (Å²) in [4.78, 5) is 23.8. The van der Waals surface area contributed by atoms with Gasteiger partial charge in [0.1, 0.15) is 0 Å². The van der Waals surface area contributed by atoms with Gasteiger partial charge in [-0.3, -0.25) is 4.79 Å². The quantitative estimate of drug-likeness (QED) is 0.620. The van der Waals surface area contributed by atoms with Crippen LogP contribution in [0.25, 0.3) is 11.4 Å². The van der Waals surface area contributed by atoms with E-state index in [9.17, 15) is 4.79 Å². The molecule has 0 bridgehead atoms. The van der Waals surface area contributed by atoms with Gasteiger partial charge in [0.15, 0.2) is 0 Å². The van der Waals surface area contributed by atoms with Crippen LogP contribution >= 0.6 is 0 Å². The van der Waals surface area contributed by atoms with Crippen LogP contribution in [0.5, 0.6) is 0 Å². The molecule has 0 aliphatic carbocycles. The van der Waals surface area contributed by atoms with Crippen LogP contribution in [0.4, 0.5) is 11.4 Å². The maximum absolute atomic E-state index is 12.9. The molecule has 2 fully saturated rings. The lowest BCUT2D eigenvalue weighted by atomic mass is 10.2. The lowest BCUT2D eigenvalue weighted by molar-refractivity contribution is 0.0696. The molecule has 1 amide bonds. The first kappa shape index (κ1) is 20.5. The average molecular weight is 432 g/mol. The van der Waals surface area contributed by atoms with Crippen molar-refractivity contribution in [1.29, 1.82) is 0 Å². The van der Waals surface area contributed by atoms with Gasteiger partial charge in [-0.2, -0.15) is 4.98 Å². The standard InChI is InChI=1S/C25H29N5O2/c31-25(30-18-16-29(17-19-30)21-8-4-3-5-9-21)24-26-23(27-32-24)20-10-12-22(13-11-20)28-14-6-1-2-7-15-28/h3-5,8-13H,1-2,6-7,14-19H2. The fourth-order valence-electron chi connectivity index (χ4n) is 4.52. The van der Waals surface area contributed by atoms with E-state index in [4.69, 9.17) is 4.52 Å². The Morgan fingerprint density at radius 1 is 0.719 bits per heavy atom. The van der Waals surface area contributed by atoms with Crippen molar-refractivity contribution in [2.45, 2.75) is 25.7 Å². The van der Waals surface area contributed by atoms with Gasteiger partial charge in [-0.05, 0) is 49.2 Å². The molecule has 1 aromatic heterocycles. The highest BCUT2D eigenvalue weighted by atomic mass is 16.5. The van der Waals surface area contributed by atoms with Gasteiger partial charge in [-0.25, -0.2) is 0 Å². The molecule has 0 saturated carbocycles. The van der Waals surface area contributed by atoms with Crippen molar-refractivity contribution in [3.05, 3.63) is 60.5 Å². The molecular weight excluding hydrogens is 402 g/mol. The van der Waals surface area contributed by atoms with E-state index < -0.39 is 0 Å². The molecule has 0 radical (unpaired) electrons. The maximum Gasteiger partial charge on any atom is 0.316 e. The molecule has 5 rings (SSSR count). The van der Waals surface area contributed by atoms with E-state index in [0.717, 1.165) is 31.7 Å². The SMILES string of the molecule is O=C(c1nc(-c2ccc(N3CCCCCC3)cc2)no1)N1CCN(c2ccccc2)CC1. The minimum Gasteiger partial charge on any atom is -0.372 e. The summed E-state index contributed by atoms with van der Waals surface area (Å²) in [6.45, 7) is 5.06. The fraction of sp³-hybridized carbons (Fsp3) is 0.400. The first-order valence-corrected chi connectivity index (χ1v) is 11.6. The number of carbonyl (C=O) groups is 1. The Morgan fingerprint density at radius 2 is 1.34 bits per heavy atom. The predicted molar refractivity (Wildman–Crippen MR) is 125 cm³/mol. The van der Waals surface area contributed by atoms with Crippen LogP contribution in [0.2, 0.25) is 0 Å². The number of carbonyl (C=O) groups excluding carboxylic acids is 1. The summed E-state index contributed by atoms with van der Waals surface area (Å²) in [7, 11) is 0. The largest absolute Gasteiger partial charge is 0.372 e. The summed E-state index contributed by atoms with van der Waals surface area (Å²) >= 11 is 0. The van der Waals surface area contributed by atoms with E-state index in [-0.39, 0.29) is 11.8 Å². The number of hydrogen-bond acceptors (Lipinski definition) is 6. The monoisotopic (exact) mass is 431 g/mol. The first-order valence-electron chi connectivity index (χ1n) is 11.6. The smallest absolute Gasteiger partial charge is 0.316 e. The van der Waals surface area contributed by atoms with Gasteiger partial charge in [-0.15, -0.1) is 0 Å². The van der Waals surface area contributed by atoms with Gasteiger partial charge in [0.05, 0.1) is 0 Å². The summed E-state index contributed by atoms with van der Waals surface area (Å²) in [5.74, 6) is 0.320. The second-order valence-electron chi connectivity index (χ2n) is 8.49. The topological polar surface area (TPSA) is 65.7 Å². The van der Waals surface area contributed by atoms with E-state index in [1.807, 2.05) is 30.3 Å². The number of amides is 1. The van der Waals surface area contributed by atoms with E-state index >= 15 is 0 Å². The summed E-state index contributed by atoms with van der Waals surface area (Å²) in [5.41, 5.74) is 3.27. The molecule has 0 spiro atoms. The minimum atomic E-state index is -0.197. The number of anilines is 2. The van der Waals surface area contributed by atoms with Crippen molar-refractivity contribution in [3.8, 4) is 11.4 Å². The number of piperazine rings is 1. The summed E-state index contributed by atoms with van der Waals surface area (Å²) in [6.07, 6.45) is 5.13. The maximum atomic E-state index is 12.9. The predicted octanol–water partition coefficient (Wildman–Crippen LogP) is 4.08. The van der Waals surface area contributed by atoms with Crippen LogP contribution in [0.3, 0.4) is 0 Å². The number of aromatic nitrogens is 2. The third kappa shape index (κ3) is 4.47. The van der Waals surface area contributed by atoms with Gasteiger partial charge in [0.25, 0.3) is 0 Å². The molecule has 0 N–H and O–H groups in total. The van der Waals surface area contributed by atoms with Gasteiger partial charge in [0.2, 0.25) is 5.82 Å². The minimum absolute atomic E-state index is 0.0600. The van der Waals surface area contributed by atoms with Crippen LogP contribution < -0.4 is 9.80 Å². The molecule has 3 heterocycles.